The Hall–Kier alpha value is -2.78. The second-order valence-corrected chi connectivity index (χ2v) is 7.82. The average molecular weight is 403 g/mol. The predicted molar refractivity (Wildman–Crippen MR) is 108 cm³/mol. The molecule has 3 N–H and O–H groups in total. The van der Waals surface area contributed by atoms with Gasteiger partial charge in [-0.1, -0.05) is 23.5 Å². The molecule has 27 heavy (non-hydrogen) atoms. The minimum absolute atomic E-state index is 0.156. The summed E-state index contributed by atoms with van der Waals surface area (Å²) in [5, 5.41) is 18.2. The number of rotatable bonds is 6. The van der Waals surface area contributed by atoms with Crippen LogP contribution in [0.25, 0.3) is 10.6 Å². The quantitative estimate of drug-likeness (QED) is 0.562. The number of carbonyl (C=O) groups is 2. The molecule has 2 heterocycles. The van der Waals surface area contributed by atoms with Gasteiger partial charge >= 0.3 is 5.97 Å². The summed E-state index contributed by atoms with van der Waals surface area (Å²) in [6.45, 7) is 4.99. The third-order valence-electron chi connectivity index (χ3n) is 3.85. The molecule has 0 aliphatic heterocycles. The zero-order valence-electron chi connectivity index (χ0n) is 14.9. The van der Waals surface area contributed by atoms with E-state index in [1.807, 2.05) is 24.4 Å². The molecule has 0 bridgehead atoms. The molecule has 9 heteroatoms. The van der Waals surface area contributed by atoms with Gasteiger partial charge in [-0.3, -0.25) is 9.59 Å². The van der Waals surface area contributed by atoms with Crippen molar-refractivity contribution >= 4 is 50.5 Å². The van der Waals surface area contributed by atoms with Crippen LogP contribution in [0.15, 0.2) is 29.6 Å². The number of hydrogen-bond acceptors (Lipinski definition) is 7. The highest BCUT2D eigenvalue weighted by atomic mass is 32.1. The highest BCUT2D eigenvalue weighted by Crippen LogP contribution is 2.35. The number of hydrogen-bond donors (Lipinski definition) is 3. The molecule has 3 aromatic rings. The summed E-state index contributed by atoms with van der Waals surface area (Å²) in [5.41, 5.74) is 3.19. The van der Waals surface area contributed by atoms with Crippen LogP contribution in [-0.2, 0) is 9.59 Å². The van der Waals surface area contributed by atoms with Gasteiger partial charge in [-0.05, 0) is 31.5 Å². The monoisotopic (exact) mass is 402 g/mol. The van der Waals surface area contributed by atoms with Gasteiger partial charge in [0.2, 0.25) is 5.91 Å². The van der Waals surface area contributed by atoms with Crippen molar-refractivity contribution in [1.29, 1.82) is 0 Å². The second-order valence-electron chi connectivity index (χ2n) is 5.96. The van der Waals surface area contributed by atoms with E-state index in [-0.39, 0.29) is 5.91 Å². The van der Waals surface area contributed by atoms with Crippen molar-refractivity contribution in [3.8, 4) is 10.6 Å². The predicted octanol–water partition coefficient (Wildman–Crippen LogP) is 4.47. The first-order chi connectivity index (χ1) is 12.8. The lowest BCUT2D eigenvalue weighted by Crippen LogP contribution is -2.07. The molecule has 1 amide bonds. The van der Waals surface area contributed by atoms with Crippen molar-refractivity contribution in [2.24, 2.45) is 0 Å². The number of carbonyl (C=O) groups excluding carboxylic acids is 1. The number of nitrogens with one attached hydrogen (secondary N) is 2. The van der Waals surface area contributed by atoms with E-state index < -0.39 is 11.9 Å². The van der Waals surface area contributed by atoms with E-state index in [2.05, 4.69) is 20.6 Å². The first kappa shape index (κ1) is 19.0. The molecule has 0 radical (unpaired) electrons. The fraction of sp³-hybridized carbons (Fsp3) is 0.222. The fourth-order valence-electron chi connectivity index (χ4n) is 2.39. The van der Waals surface area contributed by atoms with Crippen LogP contribution in [0.5, 0.6) is 0 Å². The van der Waals surface area contributed by atoms with Gasteiger partial charge in [0.15, 0.2) is 10.3 Å². The van der Waals surface area contributed by atoms with Crippen molar-refractivity contribution in [2.45, 2.75) is 26.7 Å². The number of aromatic nitrogens is 2. The molecule has 1 unspecified atom stereocenters. The number of benzene rings is 1. The highest BCUT2D eigenvalue weighted by Gasteiger charge is 2.15. The first-order valence-corrected chi connectivity index (χ1v) is 9.84. The van der Waals surface area contributed by atoms with E-state index in [1.54, 1.807) is 19.1 Å². The van der Waals surface area contributed by atoms with E-state index in [0.717, 1.165) is 32.6 Å². The van der Waals surface area contributed by atoms with Gasteiger partial charge < -0.3 is 15.7 Å². The maximum atomic E-state index is 11.2. The van der Waals surface area contributed by atoms with Crippen molar-refractivity contribution in [3.63, 3.8) is 0 Å². The third-order valence-corrected chi connectivity index (χ3v) is 5.70. The summed E-state index contributed by atoms with van der Waals surface area (Å²) < 4.78 is 0. The zero-order chi connectivity index (χ0) is 19.6. The number of carboxylic acid groups (broad SMARTS) is 1. The molecule has 0 aliphatic carbocycles. The van der Waals surface area contributed by atoms with Crippen LogP contribution in [0, 0.1) is 6.92 Å². The van der Waals surface area contributed by atoms with Crippen LogP contribution in [0.2, 0.25) is 0 Å². The van der Waals surface area contributed by atoms with E-state index in [1.165, 1.54) is 29.6 Å². The van der Waals surface area contributed by atoms with Crippen LogP contribution >= 0.6 is 22.7 Å². The summed E-state index contributed by atoms with van der Waals surface area (Å²) in [7, 11) is 0. The van der Waals surface area contributed by atoms with Gasteiger partial charge in [-0.15, -0.1) is 11.3 Å². The number of thiazole rings is 2. The van der Waals surface area contributed by atoms with Crippen LogP contribution < -0.4 is 10.6 Å². The topological polar surface area (TPSA) is 104 Å². The summed E-state index contributed by atoms with van der Waals surface area (Å²) in [5.74, 6) is -1.55. The number of amides is 1. The molecule has 2 aromatic heterocycles. The summed E-state index contributed by atoms with van der Waals surface area (Å²) in [6, 6.07) is 7.26. The third kappa shape index (κ3) is 4.50. The molecule has 0 fully saturated rings. The van der Waals surface area contributed by atoms with E-state index in [9.17, 15) is 9.59 Å². The van der Waals surface area contributed by atoms with Crippen molar-refractivity contribution in [1.82, 2.24) is 9.97 Å². The minimum atomic E-state index is -0.848. The average Bonchev–Trinajstić information content (AvgIpc) is 3.20. The normalized spacial score (nSPS) is 11.8. The van der Waals surface area contributed by atoms with E-state index in [4.69, 9.17) is 5.11 Å². The van der Waals surface area contributed by atoms with E-state index in [0.29, 0.717) is 5.13 Å². The first-order valence-electron chi connectivity index (χ1n) is 8.14. The zero-order valence-corrected chi connectivity index (χ0v) is 16.6. The number of anilines is 3. The highest BCUT2D eigenvalue weighted by molar-refractivity contribution is 7.20. The van der Waals surface area contributed by atoms with Gasteiger partial charge in [-0.2, -0.15) is 0 Å². The van der Waals surface area contributed by atoms with Gasteiger partial charge in [0.05, 0.1) is 22.2 Å². The number of aliphatic carboxylic acids is 1. The summed E-state index contributed by atoms with van der Waals surface area (Å²) >= 11 is 2.85. The Morgan fingerprint density at radius 2 is 1.85 bits per heavy atom. The molecule has 7 nitrogen and oxygen atoms in total. The van der Waals surface area contributed by atoms with Crippen LogP contribution in [0.1, 0.15) is 31.0 Å². The van der Waals surface area contributed by atoms with Gasteiger partial charge in [-0.25, -0.2) is 9.97 Å². The van der Waals surface area contributed by atoms with E-state index >= 15 is 0 Å². The number of carboxylic acids is 1. The van der Waals surface area contributed by atoms with Crippen molar-refractivity contribution in [2.75, 3.05) is 10.6 Å². The molecule has 0 spiro atoms. The van der Waals surface area contributed by atoms with Crippen molar-refractivity contribution in [3.05, 3.63) is 40.9 Å². The van der Waals surface area contributed by atoms with Gasteiger partial charge in [0.1, 0.15) is 0 Å². The minimum Gasteiger partial charge on any atom is -0.481 e. The lowest BCUT2D eigenvalue weighted by Gasteiger charge is -2.08. The lowest BCUT2D eigenvalue weighted by molar-refractivity contribution is -0.138. The molecule has 3 rings (SSSR count). The molecule has 140 valence electrons. The Labute approximate surface area is 164 Å². The maximum absolute atomic E-state index is 11.2. The van der Waals surface area contributed by atoms with Gasteiger partial charge in [0, 0.05) is 18.0 Å². The number of aryl methyl sites for hydroxylation is 1. The fourth-order valence-corrected chi connectivity index (χ4v) is 4.16. The molecule has 0 aliphatic rings. The van der Waals surface area contributed by atoms with Crippen LogP contribution in [0.4, 0.5) is 16.0 Å². The maximum Gasteiger partial charge on any atom is 0.310 e. The van der Waals surface area contributed by atoms with Gasteiger partial charge in [0.25, 0.3) is 0 Å². The summed E-state index contributed by atoms with van der Waals surface area (Å²) in [4.78, 5) is 32.1. The Kier molecular flexibility index (Phi) is 5.52. The lowest BCUT2D eigenvalue weighted by atomic mass is 10.0. The smallest absolute Gasteiger partial charge is 0.310 e. The molecular weight excluding hydrogens is 384 g/mol. The SMILES string of the molecule is CC(=O)Nc1nc(C)c(-c2csc(Nc3ccc(C(C)C(=O)O)cc3)n2)s1. The number of nitrogens with zero attached hydrogens (tertiary/aromatic N) is 2. The van der Waals surface area contributed by atoms with Crippen LogP contribution in [-0.4, -0.2) is 27.0 Å². The Bertz CT molecular complexity index is 979. The van der Waals surface area contributed by atoms with Crippen LogP contribution in [0.3, 0.4) is 0 Å². The molecule has 0 saturated heterocycles. The Morgan fingerprint density at radius 1 is 1.15 bits per heavy atom. The summed E-state index contributed by atoms with van der Waals surface area (Å²) in [6.07, 6.45) is 0. The molecular formula is C18H18N4O3S2. The largest absolute Gasteiger partial charge is 0.481 e. The second kappa shape index (κ2) is 7.85. The molecule has 1 atom stereocenters. The Balaban J connectivity index is 1.74. The molecule has 1 aromatic carbocycles. The Morgan fingerprint density at radius 3 is 2.48 bits per heavy atom. The van der Waals surface area contributed by atoms with Crippen molar-refractivity contribution < 1.29 is 14.7 Å². The molecule has 0 saturated carbocycles. The standard InChI is InChI=1S/C18H18N4O3S2/c1-9(16(24)25)12-4-6-13(7-5-12)21-17-22-14(8-26-17)15-10(2)19-18(27-15)20-11(3)23/h4-9H,1-3H3,(H,21,22)(H,24,25)(H,19,20,23).